The van der Waals surface area contributed by atoms with Gasteiger partial charge in [0.1, 0.15) is 5.82 Å². The Kier molecular flexibility index (Phi) is 4.56. The van der Waals surface area contributed by atoms with Crippen molar-refractivity contribution < 1.29 is 14.6 Å². The molecule has 2 nitrogen and oxygen atoms in total. The summed E-state index contributed by atoms with van der Waals surface area (Å²) >= 11 is 0. The molecule has 1 aromatic rings. The van der Waals surface area contributed by atoms with E-state index in [9.17, 15) is 9.50 Å². The van der Waals surface area contributed by atoms with Crippen molar-refractivity contribution >= 4 is 0 Å². The largest absolute Gasteiger partial charge is 0.396 e. The molecular formula is C11H15FO2. The molecule has 1 atom stereocenters. The summed E-state index contributed by atoms with van der Waals surface area (Å²) in [5, 5.41) is 18.1. The molecule has 0 aliphatic heterocycles. The second kappa shape index (κ2) is 5.73. The average Bonchev–Trinajstić information content (AvgIpc) is 2.18. The minimum Gasteiger partial charge on any atom is -0.396 e. The van der Waals surface area contributed by atoms with E-state index in [2.05, 4.69) is 0 Å². The molecule has 78 valence electrons. The quantitative estimate of drug-likeness (QED) is 0.752. The van der Waals surface area contributed by atoms with Crippen LogP contribution in [0.1, 0.15) is 18.4 Å². The highest BCUT2D eigenvalue weighted by Crippen LogP contribution is 2.08. The zero-order valence-electron chi connectivity index (χ0n) is 7.99. The highest BCUT2D eigenvalue weighted by atomic mass is 19.1. The van der Waals surface area contributed by atoms with E-state index in [0.717, 1.165) is 5.56 Å². The van der Waals surface area contributed by atoms with E-state index in [1.807, 2.05) is 0 Å². The lowest BCUT2D eigenvalue weighted by Crippen LogP contribution is -2.10. The average molecular weight is 198 g/mol. The van der Waals surface area contributed by atoms with Crippen LogP contribution in [0.5, 0.6) is 0 Å². The zero-order valence-corrected chi connectivity index (χ0v) is 7.99. The molecule has 0 heterocycles. The summed E-state index contributed by atoms with van der Waals surface area (Å²) in [4.78, 5) is 0. The van der Waals surface area contributed by atoms with Gasteiger partial charge in [-0.15, -0.1) is 0 Å². The van der Waals surface area contributed by atoms with Crippen molar-refractivity contribution in [3.8, 4) is 0 Å². The summed E-state index contributed by atoms with van der Waals surface area (Å²) in [5.41, 5.74) is 0.914. The lowest BCUT2D eigenvalue weighted by molar-refractivity contribution is 0.150. The summed E-state index contributed by atoms with van der Waals surface area (Å²) in [5.74, 6) is -0.265. The molecule has 1 unspecified atom stereocenters. The second-order valence-corrected chi connectivity index (χ2v) is 3.35. The molecule has 1 rings (SSSR count). The molecule has 0 saturated heterocycles. The molecule has 1 aromatic carbocycles. The van der Waals surface area contributed by atoms with Crippen molar-refractivity contribution in [3.63, 3.8) is 0 Å². The Balaban J connectivity index is 2.39. The van der Waals surface area contributed by atoms with Gasteiger partial charge in [0.25, 0.3) is 0 Å². The van der Waals surface area contributed by atoms with Gasteiger partial charge in [-0.05, 0) is 37.0 Å². The van der Waals surface area contributed by atoms with Gasteiger partial charge in [-0.2, -0.15) is 0 Å². The van der Waals surface area contributed by atoms with Crippen LogP contribution in [0.2, 0.25) is 0 Å². The van der Waals surface area contributed by atoms with E-state index in [1.54, 1.807) is 12.1 Å². The third-order valence-electron chi connectivity index (χ3n) is 2.08. The van der Waals surface area contributed by atoms with Gasteiger partial charge in [-0.25, -0.2) is 4.39 Å². The fourth-order valence-electron chi connectivity index (χ4n) is 1.32. The van der Waals surface area contributed by atoms with Crippen LogP contribution in [-0.2, 0) is 6.42 Å². The number of aliphatic hydroxyl groups is 2. The van der Waals surface area contributed by atoms with Gasteiger partial charge in [0.15, 0.2) is 0 Å². The van der Waals surface area contributed by atoms with Crippen molar-refractivity contribution in [2.75, 3.05) is 6.61 Å². The predicted molar refractivity (Wildman–Crippen MR) is 52.4 cm³/mol. The fourth-order valence-corrected chi connectivity index (χ4v) is 1.32. The Morgan fingerprint density at radius 1 is 1.21 bits per heavy atom. The van der Waals surface area contributed by atoms with Gasteiger partial charge < -0.3 is 10.2 Å². The molecule has 0 aromatic heterocycles. The summed E-state index contributed by atoms with van der Waals surface area (Å²) in [7, 11) is 0. The monoisotopic (exact) mass is 198 g/mol. The summed E-state index contributed by atoms with van der Waals surface area (Å²) in [6.45, 7) is 0.0977. The van der Waals surface area contributed by atoms with Crippen molar-refractivity contribution in [2.45, 2.75) is 25.4 Å². The third-order valence-corrected chi connectivity index (χ3v) is 2.08. The summed E-state index contributed by atoms with van der Waals surface area (Å²) in [6.07, 6.45) is 1.24. The number of hydrogen-bond donors (Lipinski definition) is 2. The van der Waals surface area contributed by atoms with E-state index < -0.39 is 6.10 Å². The molecule has 0 aliphatic carbocycles. The van der Waals surface area contributed by atoms with Gasteiger partial charge in [0.05, 0.1) is 6.10 Å². The van der Waals surface area contributed by atoms with Crippen molar-refractivity contribution in [2.24, 2.45) is 0 Å². The highest BCUT2D eigenvalue weighted by Gasteiger charge is 2.04. The first-order valence-electron chi connectivity index (χ1n) is 4.75. The van der Waals surface area contributed by atoms with E-state index in [-0.39, 0.29) is 12.4 Å². The maximum atomic E-state index is 12.5. The Labute approximate surface area is 83.0 Å². The van der Waals surface area contributed by atoms with Gasteiger partial charge in [-0.3, -0.25) is 0 Å². The first-order valence-corrected chi connectivity index (χ1v) is 4.75. The first kappa shape index (κ1) is 11.1. The van der Waals surface area contributed by atoms with Gasteiger partial charge in [-0.1, -0.05) is 12.1 Å². The van der Waals surface area contributed by atoms with Crippen molar-refractivity contribution in [1.29, 1.82) is 0 Å². The lowest BCUT2D eigenvalue weighted by Gasteiger charge is -2.09. The van der Waals surface area contributed by atoms with Crippen LogP contribution in [0.25, 0.3) is 0 Å². The Morgan fingerprint density at radius 2 is 1.86 bits per heavy atom. The SMILES string of the molecule is OCCCC(O)Cc1ccc(F)cc1. The molecule has 0 aliphatic rings. The molecule has 0 amide bonds. The molecule has 3 heteroatoms. The molecular weight excluding hydrogens is 183 g/mol. The third kappa shape index (κ3) is 3.85. The molecule has 0 spiro atoms. The van der Waals surface area contributed by atoms with Crippen molar-refractivity contribution in [3.05, 3.63) is 35.6 Å². The molecule has 0 radical (unpaired) electrons. The predicted octanol–water partition coefficient (Wildman–Crippen LogP) is 1.50. The maximum absolute atomic E-state index is 12.5. The molecule has 14 heavy (non-hydrogen) atoms. The lowest BCUT2D eigenvalue weighted by atomic mass is 10.0. The van der Waals surface area contributed by atoms with Gasteiger partial charge >= 0.3 is 0 Å². The Bertz CT molecular complexity index is 258. The number of hydrogen-bond acceptors (Lipinski definition) is 2. The van der Waals surface area contributed by atoms with Crippen LogP contribution < -0.4 is 0 Å². The number of aliphatic hydroxyl groups excluding tert-OH is 2. The van der Waals surface area contributed by atoms with E-state index in [1.165, 1.54) is 12.1 Å². The smallest absolute Gasteiger partial charge is 0.123 e. The molecule has 0 bridgehead atoms. The van der Waals surface area contributed by atoms with Crippen LogP contribution in [0.15, 0.2) is 24.3 Å². The van der Waals surface area contributed by atoms with Crippen molar-refractivity contribution in [1.82, 2.24) is 0 Å². The zero-order chi connectivity index (χ0) is 10.4. The number of rotatable bonds is 5. The van der Waals surface area contributed by atoms with E-state index in [4.69, 9.17) is 5.11 Å². The maximum Gasteiger partial charge on any atom is 0.123 e. The topological polar surface area (TPSA) is 40.5 Å². The fraction of sp³-hybridized carbons (Fsp3) is 0.455. The van der Waals surface area contributed by atoms with Gasteiger partial charge in [0.2, 0.25) is 0 Å². The molecule has 2 N–H and O–H groups in total. The highest BCUT2D eigenvalue weighted by molar-refractivity contribution is 5.16. The van der Waals surface area contributed by atoms with E-state index in [0.29, 0.717) is 19.3 Å². The van der Waals surface area contributed by atoms with Crippen LogP contribution in [0, 0.1) is 5.82 Å². The minimum absolute atomic E-state index is 0.0977. The van der Waals surface area contributed by atoms with Crippen LogP contribution in [-0.4, -0.2) is 22.9 Å². The number of halogens is 1. The normalized spacial score (nSPS) is 12.8. The first-order chi connectivity index (χ1) is 6.72. The van der Waals surface area contributed by atoms with E-state index >= 15 is 0 Å². The van der Waals surface area contributed by atoms with Crippen LogP contribution in [0.4, 0.5) is 4.39 Å². The summed E-state index contributed by atoms with van der Waals surface area (Å²) in [6, 6.07) is 6.09. The van der Waals surface area contributed by atoms with Gasteiger partial charge in [0, 0.05) is 6.61 Å². The minimum atomic E-state index is -0.451. The Morgan fingerprint density at radius 3 is 2.43 bits per heavy atom. The molecule has 0 saturated carbocycles. The Hall–Kier alpha value is -0.930. The van der Waals surface area contributed by atoms with Crippen LogP contribution in [0.3, 0.4) is 0 Å². The van der Waals surface area contributed by atoms with Crippen LogP contribution >= 0.6 is 0 Å². The number of benzene rings is 1. The summed E-state index contributed by atoms with van der Waals surface area (Å²) < 4.78 is 12.5. The second-order valence-electron chi connectivity index (χ2n) is 3.35. The standard InChI is InChI=1S/C11H15FO2/c12-10-5-3-9(4-6-10)8-11(14)2-1-7-13/h3-6,11,13-14H,1-2,7-8H2. The molecule has 0 fully saturated rings.